The highest BCUT2D eigenvalue weighted by atomic mass is 16.6. The minimum Gasteiger partial charge on any atom is -0.487 e. The van der Waals surface area contributed by atoms with Crippen LogP contribution in [-0.2, 0) is 5.54 Å². The van der Waals surface area contributed by atoms with Crippen molar-refractivity contribution in [2.45, 2.75) is 44.8 Å². The Hall–Kier alpha value is -2.31. The van der Waals surface area contributed by atoms with Gasteiger partial charge in [0.2, 0.25) is 0 Å². The van der Waals surface area contributed by atoms with Crippen molar-refractivity contribution in [1.82, 2.24) is 10.6 Å². The van der Waals surface area contributed by atoms with Crippen molar-refractivity contribution < 1.29 is 9.66 Å². The van der Waals surface area contributed by atoms with Crippen LogP contribution in [0.25, 0.3) is 0 Å². The highest BCUT2D eigenvalue weighted by molar-refractivity contribution is 5.83. The number of aliphatic imine (C=N–C) groups is 1. The first kappa shape index (κ1) is 15.6. The number of benzene rings is 1. The number of nitro benzene ring substituents is 1. The Bertz CT molecular complexity index is 671. The molecule has 0 saturated heterocycles. The highest BCUT2D eigenvalue weighted by Gasteiger charge is 2.48. The summed E-state index contributed by atoms with van der Waals surface area (Å²) in [6.07, 6.45) is 1.69. The minimum absolute atomic E-state index is 0.0724. The molecule has 0 bridgehead atoms. The number of non-ortho nitro benzene ring substituents is 1. The van der Waals surface area contributed by atoms with Gasteiger partial charge in [-0.1, -0.05) is 6.92 Å². The Morgan fingerprint density at radius 1 is 1.48 bits per heavy atom. The lowest BCUT2D eigenvalue weighted by Crippen LogP contribution is -2.54. The van der Waals surface area contributed by atoms with Gasteiger partial charge in [-0.05, 0) is 26.3 Å². The van der Waals surface area contributed by atoms with Gasteiger partial charge < -0.3 is 15.4 Å². The molecule has 2 aliphatic rings. The van der Waals surface area contributed by atoms with E-state index in [0.717, 1.165) is 24.5 Å². The van der Waals surface area contributed by atoms with Crippen molar-refractivity contribution in [2.24, 2.45) is 4.99 Å². The molecule has 23 heavy (non-hydrogen) atoms. The summed E-state index contributed by atoms with van der Waals surface area (Å²) in [6, 6.07) is 4.78. The van der Waals surface area contributed by atoms with Crippen molar-refractivity contribution in [3.63, 3.8) is 0 Å². The van der Waals surface area contributed by atoms with Crippen LogP contribution in [0.3, 0.4) is 0 Å². The Morgan fingerprint density at radius 3 is 2.96 bits per heavy atom. The quantitative estimate of drug-likeness (QED) is 0.659. The number of rotatable bonds is 3. The van der Waals surface area contributed by atoms with Crippen LogP contribution in [0.2, 0.25) is 0 Å². The van der Waals surface area contributed by atoms with Crippen LogP contribution in [0.15, 0.2) is 23.2 Å². The van der Waals surface area contributed by atoms with Gasteiger partial charge in [0, 0.05) is 30.7 Å². The number of ether oxygens (including phenoxy) is 1. The summed E-state index contributed by atoms with van der Waals surface area (Å²) in [6.45, 7) is 7.52. The summed E-state index contributed by atoms with van der Waals surface area (Å²) in [4.78, 5) is 15.3. The molecule has 0 aromatic heterocycles. The number of nitrogens with zero attached hydrogens (tertiary/aromatic N) is 2. The van der Waals surface area contributed by atoms with Gasteiger partial charge in [0.05, 0.1) is 17.0 Å². The van der Waals surface area contributed by atoms with Gasteiger partial charge >= 0.3 is 0 Å². The maximum Gasteiger partial charge on any atom is 0.270 e. The Morgan fingerprint density at radius 2 is 2.26 bits per heavy atom. The summed E-state index contributed by atoms with van der Waals surface area (Å²) in [5.41, 5.74) is 0.0525. The number of guanidine groups is 1. The van der Waals surface area contributed by atoms with Crippen molar-refractivity contribution >= 4 is 11.6 Å². The zero-order valence-corrected chi connectivity index (χ0v) is 13.7. The maximum atomic E-state index is 11.1. The fourth-order valence-electron chi connectivity index (χ4n) is 3.37. The van der Waals surface area contributed by atoms with E-state index in [4.69, 9.17) is 4.74 Å². The average molecular weight is 318 g/mol. The van der Waals surface area contributed by atoms with Crippen LogP contribution in [0.1, 0.15) is 39.2 Å². The van der Waals surface area contributed by atoms with Crippen LogP contribution in [0, 0.1) is 10.1 Å². The molecule has 2 N–H and O–H groups in total. The van der Waals surface area contributed by atoms with Crippen LogP contribution in [0.4, 0.5) is 5.69 Å². The first-order valence-corrected chi connectivity index (χ1v) is 7.90. The molecule has 0 amide bonds. The lowest BCUT2D eigenvalue weighted by molar-refractivity contribution is -0.385. The molecular weight excluding hydrogens is 296 g/mol. The largest absolute Gasteiger partial charge is 0.487 e. The van der Waals surface area contributed by atoms with E-state index in [1.807, 2.05) is 13.8 Å². The van der Waals surface area contributed by atoms with Crippen molar-refractivity contribution in [2.75, 3.05) is 13.1 Å². The zero-order chi connectivity index (χ0) is 16.7. The predicted molar refractivity (Wildman–Crippen MR) is 87.8 cm³/mol. The number of nitrogens with one attached hydrogen (secondary N) is 2. The highest BCUT2D eigenvalue weighted by Crippen LogP contribution is 2.46. The summed E-state index contributed by atoms with van der Waals surface area (Å²) >= 11 is 0. The minimum atomic E-state index is -0.459. The molecule has 0 saturated carbocycles. The Labute approximate surface area is 135 Å². The molecule has 7 heteroatoms. The van der Waals surface area contributed by atoms with Gasteiger partial charge in [0.15, 0.2) is 5.96 Å². The predicted octanol–water partition coefficient (Wildman–Crippen LogP) is 2.31. The number of nitro groups is 1. The molecule has 0 aliphatic carbocycles. The van der Waals surface area contributed by atoms with Gasteiger partial charge in [-0.15, -0.1) is 0 Å². The second-order valence-corrected chi connectivity index (χ2v) is 6.77. The molecule has 3 rings (SSSR count). The zero-order valence-electron chi connectivity index (χ0n) is 13.7. The van der Waals surface area contributed by atoms with E-state index in [2.05, 4.69) is 22.5 Å². The summed E-state index contributed by atoms with van der Waals surface area (Å²) in [7, 11) is 0. The van der Waals surface area contributed by atoms with Crippen molar-refractivity contribution in [3.05, 3.63) is 33.9 Å². The Balaban J connectivity index is 1.98. The summed E-state index contributed by atoms with van der Waals surface area (Å²) < 4.78 is 6.02. The van der Waals surface area contributed by atoms with Gasteiger partial charge in [-0.25, -0.2) is 0 Å². The first-order chi connectivity index (χ1) is 10.9. The molecule has 0 unspecified atom stereocenters. The number of fused-ring (bicyclic) bond motifs is 2. The summed E-state index contributed by atoms with van der Waals surface area (Å²) in [5.74, 6) is 1.44. The molecule has 1 atom stereocenters. The standard InChI is InChI=1S/C16H22N4O3/c1-4-7-17-14-18-10-16(19-14)9-15(2,3)23-13-6-5-11(20(21)22)8-12(13)16/h5-6,8H,4,7,9-10H2,1-3H3,(H2,17,18,19)/t16-/m1/s1. The van der Waals surface area contributed by atoms with E-state index >= 15 is 0 Å². The third-order valence-corrected chi connectivity index (χ3v) is 4.21. The molecular formula is C16H22N4O3. The molecule has 124 valence electrons. The topological polar surface area (TPSA) is 88.8 Å². The molecule has 2 aliphatic heterocycles. The third kappa shape index (κ3) is 2.83. The first-order valence-electron chi connectivity index (χ1n) is 7.90. The molecule has 7 nitrogen and oxygen atoms in total. The second kappa shape index (κ2) is 5.40. The van der Waals surface area contributed by atoms with E-state index in [9.17, 15) is 10.1 Å². The van der Waals surface area contributed by atoms with Crippen LogP contribution in [0.5, 0.6) is 5.75 Å². The fourth-order valence-corrected chi connectivity index (χ4v) is 3.37. The molecule has 1 aromatic carbocycles. The maximum absolute atomic E-state index is 11.1. The third-order valence-electron chi connectivity index (χ3n) is 4.21. The normalized spacial score (nSPS) is 24.4. The molecule has 0 radical (unpaired) electrons. The van der Waals surface area contributed by atoms with Crippen LogP contribution in [-0.4, -0.2) is 29.6 Å². The monoisotopic (exact) mass is 318 g/mol. The SMILES string of the molecule is CCCNC1=NC[C@@]2(CC(C)(C)Oc3ccc([N+](=O)[O-])cc32)N1. The van der Waals surface area contributed by atoms with E-state index in [-0.39, 0.29) is 16.2 Å². The van der Waals surface area contributed by atoms with Crippen LogP contribution >= 0.6 is 0 Å². The lowest BCUT2D eigenvalue weighted by Gasteiger charge is -2.43. The number of hydrogen-bond donors (Lipinski definition) is 2. The molecule has 2 heterocycles. The van der Waals surface area contributed by atoms with Gasteiger partial charge in [-0.2, -0.15) is 0 Å². The van der Waals surface area contributed by atoms with Crippen molar-refractivity contribution in [1.29, 1.82) is 0 Å². The van der Waals surface area contributed by atoms with E-state index < -0.39 is 5.54 Å². The van der Waals surface area contributed by atoms with E-state index in [1.54, 1.807) is 12.1 Å². The number of hydrogen-bond acceptors (Lipinski definition) is 6. The molecule has 1 aromatic rings. The van der Waals surface area contributed by atoms with Gasteiger partial charge in [-0.3, -0.25) is 15.1 Å². The van der Waals surface area contributed by atoms with Crippen LogP contribution < -0.4 is 15.4 Å². The second-order valence-electron chi connectivity index (χ2n) is 6.77. The van der Waals surface area contributed by atoms with Gasteiger partial charge in [0.25, 0.3) is 5.69 Å². The average Bonchev–Trinajstić information content (AvgIpc) is 2.87. The summed E-state index contributed by atoms with van der Waals surface area (Å²) in [5, 5.41) is 17.8. The molecule has 1 spiro atoms. The fraction of sp³-hybridized carbons (Fsp3) is 0.562. The van der Waals surface area contributed by atoms with Crippen molar-refractivity contribution in [3.8, 4) is 5.75 Å². The lowest BCUT2D eigenvalue weighted by atomic mass is 9.78. The van der Waals surface area contributed by atoms with E-state index in [1.165, 1.54) is 6.07 Å². The Kier molecular flexibility index (Phi) is 3.66. The molecule has 0 fully saturated rings. The van der Waals surface area contributed by atoms with E-state index in [0.29, 0.717) is 18.7 Å². The van der Waals surface area contributed by atoms with Gasteiger partial charge in [0.1, 0.15) is 11.4 Å². The smallest absolute Gasteiger partial charge is 0.270 e.